The first kappa shape index (κ1) is 22.3. The van der Waals surface area contributed by atoms with Crippen molar-refractivity contribution >= 4 is 17.4 Å². The summed E-state index contributed by atoms with van der Waals surface area (Å²) in [5.41, 5.74) is 5.69. The zero-order valence-electron chi connectivity index (χ0n) is 19.5. The lowest BCUT2D eigenvalue weighted by molar-refractivity contribution is -0.138. The minimum absolute atomic E-state index is 0.151. The number of carbonyl (C=O) groups is 2. The van der Waals surface area contributed by atoms with Crippen LogP contribution in [0.4, 0.5) is 0 Å². The quantitative estimate of drug-likeness (QED) is 0.499. The summed E-state index contributed by atoms with van der Waals surface area (Å²) in [5.74, 6) is 0.0681. The number of rotatable bonds is 7. The number of benzene rings is 3. The highest BCUT2D eigenvalue weighted by Crippen LogP contribution is 2.34. The van der Waals surface area contributed by atoms with Gasteiger partial charge in [0.25, 0.3) is 11.8 Å². The van der Waals surface area contributed by atoms with Gasteiger partial charge in [-0.2, -0.15) is 0 Å². The summed E-state index contributed by atoms with van der Waals surface area (Å²) in [5, 5.41) is 0. The Bertz CT molecular complexity index is 1230. The van der Waals surface area contributed by atoms with E-state index in [0.717, 1.165) is 27.8 Å². The number of carbonyl (C=O) groups excluding carboxylic acids is 2. The number of aryl methyl sites for hydroxylation is 2. The molecule has 0 atom stereocenters. The van der Waals surface area contributed by atoms with Gasteiger partial charge in [-0.1, -0.05) is 66.7 Å². The SMILES string of the molecule is COc1ccccc1CN1C(=O)C(c2ccc(C)c(C)c2)=C(N(C)Cc2ccccc2)C1=O. The fourth-order valence-corrected chi connectivity index (χ4v) is 4.16. The molecule has 3 aromatic rings. The molecule has 4 rings (SSSR count). The molecule has 0 saturated carbocycles. The van der Waals surface area contributed by atoms with Gasteiger partial charge in [-0.15, -0.1) is 0 Å². The van der Waals surface area contributed by atoms with Crippen molar-refractivity contribution in [2.75, 3.05) is 14.2 Å². The molecule has 0 N–H and O–H groups in total. The Hall–Kier alpha value is -3.86. The van der Waals surface area contributed by atoms with Crippen LogP contribution in [0.15, 0.2) is 78.5 Å². The fourth-order valence-electron chi connectivity index (χ4n) is 4.16. The standard InChI is InChI=1S/C28H28N2O3/c1-19-14-15-22(16-20(19)2)25-26(29(3)17-21-10-6-5-7-11-21)28(32)30(27(25)31)18-23-12-8-9-13-24(23)33-4/h5-16H,17-18H2,1-4H3. The molecule has 0 radical (unpaired) electrons. The van der Waals surface area contributed by atoms with Crippen molar-refractivity contribution in [2.45, 2.75) is 26.9 Å². The highest BCUT2D eigenvalue weighted by molar-refractivity contribution is 6.35. The highest BCUT2D eigenvalue weighted by atomic mass is 16.5. The van der Waals surface area contributed by atoms with E-state index in [1.165, 1.54) is 4.90 Å². The van der Waals surface area contributed by atoms with Crippen molar-refractivity contribution < 1.29 is 14.3 Å². The number of hydrogen-bond acceptors (Lipinski definition) is 4. The van der Waals surface area contributed by atoms with Crippen molar-refractivity contribution in [2.24, 2.45) is 0 Å². The molecule has 0 aromatic heterocycles. The minimum Gasteiger partial charge on any atom is -0.496 e. The number of para-hydroxylation sites is 1. The van der Waals surface area contributed by atoms with E-state index in [0.29, 0.717) is 23.6 Å². The molecule has 1 aliphatic rings. The van der Waals surface area contributed by atoms with E-state index in [1.54, 1.807) is 7.11 Å². The number of likely N-dealkylation sites (N-methyl/N-ethyl adjacent to an activating group) is 1. The Morgan fingerprint density at radius 1 is 0.848 bits per heavy atom. The molecule has 33 heavy (non-hydrogen) atoms. The van der Waals surface area contributed by atoms with Crippen LogP contribution in [0, 0.1) is 13.8 Å². The molecule has 0 unspecified atom stereocenters. The van der Waals surface area contributed by atoms with Crippen molar-refractivity contribution in [1.29, 1.82) is 0 Å². The van der Waals surface area contributed by atoms with E-state index >= 15 is 0 Å². The third kappa shape index (κ3) is 4.40. The number of methoxy groups -OCH3 is 1. The first-order valence-corrected chi connectivity index (χ1v) is 11.0. The molecule has 1 heterocycles. The van der Waals surface area contributed by atoms with Crippen LogP contribution in [0.3, 0.4) is 0 Å². The second kappa shape index (κ2) is 9.33. The highest BCUT2D eigenvalue weighted by Gasteiger charge is 2.41. The van der Waals surface area contributed by atoms with Gasteiger partial charge in [-0.05, 0) is 42.2 Å². The van der Waals surface area contributed by atoms with Crippen LogP contribution in [0.5, 0.6) is 5.75 Å². The third-order valence-corrected chi connectivity index (χ3v) is 6.10. The van der Waals surface area contributed by atoms with E-state index < -0.39 is 0 Å². The summed E-state index contributed by atoms with van der Waals surface area (Å²) in [6.07, 6.45) is 0. The lowest BCUT2D eigenvalue weighted by Crippen LogP contribution is -2.33. The van der Waals surface area contributed by atoms with Crippen LogP contribution in [0.1, 0.15) is 27.8 Å². The van der Waals surface area contributed by atoms with Crippen LogP contribution in [0.2, 0.25) is 0 Å². The molecule has 0 aliphatic carbocycles. The van der Waals surface area contributed by atoms with Crippen LogP contribution >= 0.6 is 0 Å². The Kier molecular flexibility index (Phi) is 6.31. The van der Waals surface area contributed by atoms with Crippen molar-refractivity contribution in [1.82, 2.24) is 9.80 Å². The Balaban J connectivity index is 1.76. The normalized spacial score (nSPS) is 13.6. The zero-order valence-corrected chi connectivity index (χ0v) is 19.5. The first-order valence-electron chi connectivity index (χ1n) is 11.0. The van der Waals surface area contributed by atoms with E-state index in [1.807, 2.05) is 98.6 Å². The van der Waals surface area contributed by atoms with Crippen molar-refractivity contribution in [3.63, 3.8) is 0 Å². The minimum atomic E-state index is -0.294. The number of ether oxygens (including phenoxy) is 1. The molecule has 0 bridgehead atoms. The molecular weight excluding hydrogens is 412 g/mol. The molecule has 1 aliphatic heterocycles. The van der Waals surface area contributed by atoms with E-state index in [9.17, 15) is 9.59 Å². The molecule has 5 heteroatoms. The van der Waals surface area contributed by atoms with Gasteiger partial charge in [0.05, 0.1) is 19.2 Å². The number of imide groups is 1. The van der Waals surface area contributed by atoms with Crippen LogP contribution in [0.25, 0.3) is 5.57 Å². The average molecular weight is 441 g/mol. The molecule has 0 fully saturated rings. The Labute approximate surface area is 194 Å². The second-order valence-corrected chi connectivity index (χ2v) is 8.37. The number of amides is 2. The average Bonchev–Trinajstić information content (AvgIpc) is 3.06. The maximum atomic E-state index is 13.7. The van der Waals surface area contributed by atoms with Crippen molar-refractivity contribution in [3.8, 4) is 5.75 Å². The van der Waals surface area contributed by atoms with E-state index in [2.05, 4.69) is 0 Å². The molecule has 0 spiro atoms. The maximum absolute atomic E-state index is 13.7. The summed E-state index contributed by atoms with van der Waals surface area (Å²) in [4.78, 5) is 30.5. The fraction of sp³-hybridized carbons (Fsp3) is 0.214. The van der Waals surface area contributed by atoms with Crippen LogP contribution < -0.4 is 4.74 Å². The molecular formula is C28H28N2O3. The molecule has 3 aromatic carbocycles. The van der Waals surface area contributed by atoms with Gasteiger partial charge in [0.2, 0.25) is 0 Å². The van der Waals surface area contributed by atoms with Gasteiger partial charge in [0.15, 0.2) is 0 Å². The second-order valence-electron chi connectivity index (χ2n) is 8.37. The van der Waals surface area contributed by atoms with Crippen LogP contribution in [-0.4, -0.2) is 35.8 Å². The van der Waals surface area contributed by atoms with Gasteiger partial charge < -0.3 is 9.64 Å². The predicted molar refractivity (Wildman–Crippen MR) is 129 cm³/mol. The zero-order chi connectivity index (χ0) is 23.5. The Morgan fingerprint density at radius 3 is 2.24 bits per heavy atom. The topological polar surface area (TPSA) is 49.9 Å². The first-order chi connectivity index (χ1) is 15.9. The summed E-state index contributed by atoms with van der Waals surface area (Å²) in [7, 11) is 3.45. The Morgan fingerprint density at radius 2 is 1.55 bits per heavy atom. The lowest BCUT2D eigenvalue weighted by Gasteiger charge is -2.22. The van der Waals surface area contributed by atoms with Gasteiger partial charge in [0.1, 0.15) is 11.4 Å². The maximum Gasteiger partial charge on any atom is 0.278 e. The number of hydrogen-bond donors (Lipinski definition) is 0. The van der Waals surface area contributed by atoms with Gasteiger partial charge in [-0.3, -0.25) is 14.5 Å². The third-order valence-electron chi connectivity index (χ3n) is 6.10. The summed E-state index contributed by atoms with van der Waals surface area (Å²) in [6, 6.07) is 23.3. The summed E-state index contributed by atoms with van der Waals surface area (Å²) in [6.45, 7) is 4.72. The predicted octanol–water partition coefficient (Wildman–Crippen LogP) is 4.72. The molecule has 0 saturated heterocycles. The summed E-state index contributed by atoms with van der Waals surface area (Å²) < 4.78 is 5.45. The lowest BCUT2D eigenvalue weighted by atomic mass is 9.99. The van der Waals surface area contributed by atoms with Gasteiger partial charge >= 0.3 is 0 Å². The molecule has 5 nitrogen and oxygen atoms in total. The van der Waals surface area contributed by atoms with E-state index in [4.69, 9.17) is 4.74 Å². The molecule has 2 amide bonds. The number of nitrogens with zero attached hydrogens (tertiary/aromatic N) is 2. The van der Waals surface area contributed by atoms with E-state index in [-0.39, 0.29) is 18.4 Å². The molecule has 168 valence electrons. The summed E-state index contributed by atoms with van der Waals surface area (Å²) >= 11 is 0. The van der Waals surface area contributed by atoms with Crippen molar-refractivity contribution in [3.05, 3.63) is 106 Å². The van der Waals surface area contributed by atoms with Crippen LogP contribution in [-0.2, 0) is 22.7 Å². The van der Waals surface area contributed by atoms with Gasteiger partial charge in [-0.25, -0.2) is 0 Å². The largest absolute Gasteiger partial charge is 0.496 e. The monoisotopic (exact) mass is 440 g/mol. The van der Waals surface area contributed by atoms with Gasteiger partial charge in [0, 0.05) is 19.2 Å². The smallest absolute Gasteiger partial charge is 0.278 e.